The van der Waals surface area contributed by atoms with Crippen molar-refractivity contribution in [3.63, 3.8) is 0 Å². The van der Waals surface area contributed by atoms with Gasteiger partial charge in [-0.2, -0.15) is 5.10 Å². The van der Waals surface area contributed by atoms with Gasteiger partial charge in [0.25, 0.3) is 0 Å². The topological polar surface area (TPSA) is 54.2 Å². The molecule has 0 bridgehead atoms. The van der Waals surface area contributed by atoms with Crippen LogP contribution in [0.3, 0.4) is 0 Å². The van der Waals surface area contributed by atoms with Crippen LogP contribution in [0.2, 0.25) is 0 Å². The Balaban J connectivity index is 1.59. The molecule has 0 amide bonds. The van der Waals surface area contributed by atoms with Crippen LogP contribution in [0.4, 0.5) is 4.39 Å². The highest BCUT2D eigenvalue weighted by atomic mass is 19.1. The van der Waals surface area contributed by atoms with Crippen molar-refractivity contribution >= 4 is 5.96 Å². The van der Waals surface area contributed by atoms with Crippen LogP contribution in [0.15, 0.2) is 59.6 Å². The molecule has 6 heteroatoms. The van der Waals surface area contributed by atoms with E-state index < -0.39 is 0 Å². The Bertz CT molecular complexity index is 944. The van der Waals surface area contributed by atoms with Crippen LogP contribution in [-0.2, 0) is 13.0 Å². The molecule has 146 valence electrons. The van der Waals surface area contributed by atoms with Gasteiger partial charge in [0.05, 0.1) is 11.4 Å². The number of hydrogen-bond donors (Lipinski definition) is 2. The highest BCUT2D eigenvalue weighted by Gasteiger charge is 2.09. The highest BCUT2D eigenvalue weighted by molar-refractivity contribution is 5.79. The van der Waals surface area contributed by atoms with Gasteiger partial charge in [0.2, 0.25) is 0 Å². The summed E-state index contributed by atoms with van der Waals surface area (Å²) < 4.78 is 15.0. The van der Waals surface area contributed by atoms with Crippen molar-refractivity contribution in [2.24, 2.45) is 4.99 Å². The van der Waals surface area contributed by atoms with E-state index in [-0.39, 0.29) is 5.82 Å². The van der Waals surface area contributed by atoms with Gasteiger partial charge in [0.15, 0.2) is 5.96 Å². The molecule has 3 rings (SSSR count). The standard InChI is InChI=1S/C22H26FN5/c1-16-14-17(2)28(27-16)21-7-5-4-6-19(21)15-26-22(24-3)25-13-12-18-8-10-20(23)11-9-18/h4-11,14H,12-13,15H2,1-3H3,(H2,24,25,26). The number of hydrogen-bond acceptors (Lipinski definition) is 2. The molecule has 28 heavy (non-hydrogen) atoms. The largest absolute Gasteiger partial charge is 0.356 e. The van der Waals surface area contributed by atoms with E-state index in [1.165, 1.54) is 12.1 Å². The number of aliphatic imine (C=N–C) groups is 1. The maximum absolute atomic E-state index is 13.0. The maximum atomic E-state index is 13.0. The molecule has 0 spiro atoms. The van der Waals surface area contributed by atoms with Crippen LogP contribution in [0.5, 0.6) is 0 Å². The third kappa shape index (κ3) is 4.97. The van der Waals surface area contributed by atoms with Gasteiger partial charge >= 0.3 is 0 Å². The minimum absolute atomic E-state index is 0.213. The Hall–Kier alpha value is -3.15. The Morgan fingerprint density at radius 2 is 1.82 bits per heavy atom. The number of nitrogens with one attached hydrogen (secondary N) is 2. The molecule has 1 aromatic heterocycles. The fourth-order valence-electron chi connectivity index (χ4n) is 3.12. The second-order valence-electron chi connectivity index (χ2n) is 6.70. The summed E-state index contributed by atoms with van der Waals surface area (Å²) in [5.74, 6) is 0.515. The first-order chi connectivity index (χ1) is 13.6. The lowest BCUT2D eigenvalue weighted by Gasteiger charge is -2.15. The van der Waals surface area contributed by atoms with E-state index in [1.54, 1.807) is 19.2 Å². The first-order valence-corrected chi connectivity index (χ1v) is 9.37. The van der Waals surface area contributed by atoms with Gasteiger partial charge in [-0.3, -0.25) is 4.99 Å². The van der Waals surface area contributed by atoms with Crippen molar-refractivity contribution in [3.8, 4) is 5.69 Å². The molecular formula is C22H26FN5. The predicted octanol–water partition coefficient (Wildman–Crippen LogP) is 3.54. The van der Waals surface area contributed by atoms with Crippen LogP contribution in [-0.4, -0.2) is 29.3 Å². The first-order valence-electron chi connectivity index (χ1n) is 9.37. The number of guanidine groups is 1. The van der Waals surface area contributed by atoms with Crippen LogP contribution >= 0.6 is 0 Å². The van der Waals surface area contributed by atoms with E-state index in [2.05, 4.69) is 45.8 Å². The number of rotatable bonds is 6. The van der Waals surface area contributed by atoms with Gasteiger partial charge in [-0.1, -0.05) is 30.3 Å². The van der Waals surface area contributed by atoms with Crippen molar-refractivity contribution in [2.45, 2.75) is 26.8 Å². The van der Waals surface area contributed by atoms with Crippen LogP contribution in [0.1, 0.15) is 22.5 Å². The molecule has 2 N–H and O–H groups in total. The van der Waals surface area contributed by atoms with Crippen molar-refractivity contribution in [1.29, 1.82) is 0 Å². The molecule has 0 unspecified atom stereocenters. The summed E-state index contributed by atoms with van der Waals surface area (Å²) in [4.78, 5) is 4.28. The van der Waals surface area contributed by atoms with Gasteiger partial charge in [0.1, 0.15) is 5.82 Å². The zero-order valence-corrected chi connectivity index (χ0v) is 16.5. The number of aromatic nitrogens is 2. The van der Waals surface area contributed by atoms with Gasteiger partial charge < -0.3 is 10.6 Å². The smallest absolute Gasteiger partial charge is 0.191 e. The summed E-state index contributed by atoms with van der Waals surface area (Å²) >= 11 is 0. The van der Waals surface area contributed by atoms with E-state index in [9.17, 15) is 4.39 Å². The van der Waals surface area contributed by atoms with Crippen molar-refractivity contribution < 1.29 is 4.39 Å². The normalized spacial score (nSPS) is 11.5. The fourth-order valence-corrected chi connectivity index (χ4v) is 3.12. The van der Waals surface area contributed by atoms with Crippen LogP contribution in [0, 0.1) is 19.7 Å². The zero-order valence-electron chi connectivity index (χ0n) is 16.5. The van der Waals surface area contributed by atoms with Crippen molar-refractivity contribution in [3.05, 3.63) is 82.9 Å². The molecule has 0 radical (unpaired) electrons. The Morgan fingerprint density at radius 1 is 1.07 bits per heavy atom. The molecule has 0 saturated carbocycles. The fraction of sp³-hybridized carbons (Fsp3) is 0.273. The molecule has 3 aromatic rings. The number of aryl methyl sites for hydroxylation is 2. The predicted molar refractivity (Wildman–Crippen MR) is 111 cm³/mol. The average Bonchev–Trinajstić information content (AvgIpc) is 3.04. The molecule has 2 aromatic carbocycles. The molecule has 0 aliphatic carbocycles. The zero-order chi connectivity index (χ0) is 19.9. The van der Waals surface area contributed by atoms with E-state index in [1.807, 2.05) is 23.7 Å². The number of benzene rings is 2. The number of nitrogens with zero attached hydrogens (tertiary/aromatic N) is 3. The number of para-hydroxylation sites is 1. The lowest BCUT2D eigenvalue weighted by Crippen LogP contribution is -2.38. The lowest BCUT2D eigenvalue weighted by atomic mass is 10.1. The third-order valence-electron chi connectivity index (χ3n) is 4.52. The highest BCUT2D eigenvalue weighted by Crippen LogP contribution is 2.16. The summed E-state index contributed by atoms with van der Waals surface area (Å²) in [5, 5.41) is 11.2. The summed E-state index contributed by atoms with van der Waals surface area (Å²) in [6, 6.07) is 16.8. The first kappa shape index (κ1) is 19.6. The molecule has 5 nitrogen and oxygen atoms in total. The van der Waals surface area contributed by atoms with E-state index in [4.69, 9.17) is 0 Å². The summed E-state index contributed by atoms with van der Waals surface area (Å²) in [6.07, 6.45) is 0.795. The average molecular weight is 379 g/mol. The summed E-state index contributed by atoms with van der Waals surface area (Å²) in [7, 11) is 1.75. The summed E-state index contributed by atoms with van der Waals surface area (Å²) in [5.41, 5.74) is 5.38. The molecule has 0 aliphatic heterocycles. The Labute approximate surface area is 165 Å². The minimum Gasteiger partial charge on any atom is -0.356 e. The minimum atomic E-state index is -0.213. The van der Waals surface area contributed by atoms with Gasteiger partial charge in [-0.15, -0.1) is 0 Å². The molecule has 0 aliphatic rings. The quantitative estimate of drug-likeness (QED) is 0.509. The monoisotopic (exact) mass is 379 g/mol. The second kappa shape index (κ2) is 9.17. The van der Waals surface area contributed by atoms with E-state index >= 15 is 0 Å². The van der Waals surface area contributed by atoms with E-state index in [0.29, 0.717) is 13.1 Å². The lowest BCUT2D eigenvalue weighted by molar-refractivity contribution is 0.626. The Kier molecular flexibility index (Phi) is 6.42. The Morgan fingerprint density at radius 3 is 2.50 bits per heavy atom. The molecule has 1 heterocycles. The summed E-state index contributed by atoms with van der Waals surface area (Å²) in [6.45, 7) is 5.40. The van der Waals surface area contributed by atoms with E-state index in [0.717, 1.165) is 40.6 Å². The SMILES string of the molecule is CN=C(NCCc1ccc(F)cc1)NCc1ccccc1-n1nc(C)cc1C. The molecule has 0 atom stereocenters. The maximum Gasteiger partial charge on any atom is 0.191 e. The third-order valence-corrected chi connectivity index (χ3v) is 4.52. The van der Waals surface area contributed by atoms with Crippen molar-refractivity contribution in [1.82, 2.24) is 20.4 Å². The van der Waals surface area contributed by atoms with Crippen LogP contribution in [0.25, 0.3) is 5.69 Å². The van der Waals surface area contributed by atoms with Gasteiger partial charge in [-0.25, -0.2) is 9.07 Å². The second-order valence-corrected chi connectivity index (χ2v) is 6.70. The van der Waals surface area contributed by atoms with Crippen LogP contribution < -0.4 is 10.6 Å². The molecular weight excluding hydrogens is 353 g/mol. The molecule has 0 saturated heterocycles. The number of halogens is 1. The molecule has 0 fully saturated rings. The van der Waals surface area contributed by atoms with Gasteiger partial charge in [0, 0.05) is 25.8 Å². The van der Waals surface area contributed by atoms with Gasteiger partial charge in [-0.05, 0) is 55.7 Å². The van der Waals surface area contributed by atoms with Crippen molar-refractivity contribution in [2.75, 3.05) is 13.6 Å².